The number of hydrogen-bond acceptors (Lipinski definition) is 3. The number of nitrogens with one attached hydrogen (secondary N) is 1. The minimum absolute atomic E-state index is 0.0894. The summed E-state index contributed by atoms with van der Waals surface area (Å²) in [5.41, 5.74) is 1.38. The van der Waals surface area contributed by atoms with Gasteiger partial charge in [0.25, 0.3) is 5.91 Å². The molecule has 1 aliphatic heterocycles. The van der Waals surface area contributed by atoms with E-state index in [0.29, 0.717) is 24.5 Å². The predicted octanol–water partition coefficient (Wildman–Crippen LogP) is 4.22. The number of carbonyl (C=O) groups is 2. The van der Waals surface area contributed by atoms with Crippen molar-refractivity contribution in [2.45, 2.75) is 57.3 Å². The first-order valence-corrected chi connectivity index (χ1v) is 11.0. The molecule has 5 rings (SSSR count). The smallest absolute Gasteiger partial charge is 0.271 e. The number of carbonyl (C=O) groups excluding carboxylic acids is 2. The maximum atomic E-state index is 13.7. The normalized spacial score (nSPS) is 21.3. The largest absolute Gasteiger partial charge is 0.463 e. The summed E-state index contributed by atoms with van der Waals surface area (Å²) in [6.07, 6.45) is 5.90. The van der Waals surface area contributed by atoms with Crippen LogP contribution in [-0.2, 0) is 17.9 Å². The average molecular weight is 418 g/mol. The number of nitrogens with zero attached hydrogens (tertiary/aromatic N) is 2. The van der Waals surface area contributed by atoms with Crippen molar-refractivity contribution in [1.29, 1.82) is 0 Å². The fourth-order valence-corrected chi connectivity index (χ4v) is 4.84. The SMILES string of the molecule is C[C@@]1(C(=O)NC2CCCC2)Cn2c(ccc2-c2ccco2)C(=O)N1Cc1ccccc1. The van der Waals surface area contributed by atoms with Gasteiger partial charge in [-0.25, -0.2) is 0 Å². The van der Waals surface area contributed by atoms with Crippen LogP contribution in [0.15, 0.2) is 65.3 Å². The molecule has 1 fully saturated rings. The van der Waals surface area contributed by atoms with E-state index >= 15 is 0 Å². The van der Waals surface area contributed by atoms with Crippen molar-refractivity contribution in [3.63, 3.8) is 0 Å². The van der Waals surface area contributed by atoms with E-state index in [1.807, 2.05) is 66.1 Å². The Kier molecular flexibility index (Phi) is 4.93. The van der Waals surface area contributed by atoms with Crippen LogP contribution in [-0.4, -0.2) is 32.9 Å². The van der Waals surface area contributed by atoms with Gasteiger partial charge in [0.2, 0.25) is 5.91 Å². The van der Waals surface area contributed by atoms with Crippen molar-refractivity contribution in [3.05, 3.63) is 72.1 Å². The lowest BCUT2D eigenvalue weighted by Gasteiger charge is -2.44. The quantitative estimate of drug-likeness (QED) is 0.676. The first-order chi connectivity index (χ1) is 15.1. The Labute approximate surface area is 181 Å². The topological polar surface area (TPSA) is 67.5 Å². The molecule has 0 bridgehead atoms. The Hall–Kier alpha value is -3.28. The summed E-state index contributed by atoms with van der Waals surface area (Å²) in [5, 5.41) is 3.23. The Morgan fingerprint density at radius 3 is 2.52 bits per heavy atom. The third kappa shape index (κ3) is 3.46. The Balaban J connectivity index is 1.54. The van der Waals surface area contributed by atoms with Crippen LogP contribution in [0.25, 0.3) is 11.5 Å². The lowest BCUT2D eigenvalue weighted by atomic mass is 9.93. The molecule has 0 unspecified atom stereocenters. The standard InChI is InChI=1S/C25H27N3O3/c1-25(24(30)26-19-10-5-6-11-19)17-27-20(22-12-7-15-31-22)13-14-21(27)23(29)28(25)16-18-8-3-2-4-9-18/h2-4,7-9,12-15,19H,5-6,10-11,16-17H2,1H3,(H,26,30)/t25-/m0/s1. The molecule has 1 atom stereocenters. The van der Waals surface area contributed by atoms with Crippen molar-refractivity contribution in [2.75, 3.05) is 0 Å². The molecule has 6 heteroatoms. The monoisotopic (exact) mass is 417 g/mol. The van der Waals surface area contributed by atoms with Gasteiger partial charge in [0.15, 0.2) is 0 Å². The third-order valence-electron chi connectivity index (χ3n) is 6.64. The predicted molar refractivity (Wildman–Crippen MR) is 117 cm³/mol. The van der Waals surface area contributed by atoms with Crippen molar-refractivity contribution in [3.8, 4) is 11.5 Å². The maximum Gasteiger partial charge on any atom is 0.271 e. The van der Waals surface area contributed by atoms with Crippen LogP contribution < -0.4 is 5.32 Å². The van der Waals surface area contributed by atoms with E-state index in [1.54, 1.807) is 11.2 Å². The molecule has 0 radical (unpaired) electrons. The molecule has 0 spiro atoms. The van der Waals surface area contributed by atoms with E-state index in [0.717, 1.165) is 36.9 Å². The molecule has 31 heavy (non-hydrogen) atoms. The molecule has 1 aliphatic carbocycles. The molecular formula is C25H27N3O3. The molecule has 6 nitrogen and oxygen atoms in total. The van der Waals surface area contributed by atoms with Gasteiger partial charge in [-0.1, -0.05) is 43.2 Å². The van der Waals surface area contributed by atoms with E-state index in [9.17, 15) is 9.59 Å². The van der Waals surface area contributed by atoms with Crippen molar-refractivity contribution >= 4 is 11.8 Å². The molecular weight excluding hydrogens is 390 g/mol. The molecule has 0 saturated heterocycles. The second kappa shape index (κ2) is 7.76. The minimum Gasteiger partial charge on any atom is -0.463 e. The third-order valence-corrected chi connectivity index (χ3v) is 6.64. The van der Waals surface area contributed by atoms with Crippen molar-refractivity contribution < 1.29 is 14.0 Å². The van der Waals surface area contributed by atoms with Crippen LogP contribution in [0, 0.1) is 0 Å². The number of benzene rings is 1. The number of hydrogen-bond donors (Lipinski definition) is 1. The van der Waals surface area contributed by atoms with E-state index in [1.165, 1.54) is 0 Å². The number of fused-ring (bicyclic) bond motifs is 1. The van der Waals surface area contributed by atoms with Crippen LogP contribution in [0.5, 0.6) is 0 Å². The van der Waals surface area contributed by atoms with Gasteiger partial charge < -0.3 is 19.2 Å². The number of rotatable bonds is 5. The lowest BCUT2D eigenvalue weighted by Crippen LogP contribution is -2.64. The summed E-state index contributed by atoms with van der Waals surface area (Å²) in [6, 6.07) is 17.5. The molecule has 2 amide bonds. The number of furan rings is 1. The van der Waals surface area contributed by atoms with Crippen LogP contribution >= 0.6 is 0 Å². The van der Waals surface area contributed by atoms with Crippen LogP contribution in [0.3, 0.4) is 0 Å². The fourth-order valence-electron chi connectivity index (χ4n) is 4.84. The van der Waals surface area contributed by atoms with Crippen LogP contribution in [0.4, 0.5) is 0 Å². The molecule has 1 N–H and O–H groups in total. The summed E-state index contributed by atoms with van der Waals surface area (Å²) in [4.78, 5) is 29.0. The zero-order chi connectivity index (χ0) is 21.4. The summed E-state index contributed by atoms with van der Waals surface area (Å²) in [6.45, 7) is 2.64. The van der Waals surface area contributed by atoms with Gasteiger partial charge in [-0.05, 0) is 49.6 Å². The summed E-state index contributed by atoms with van der Waals surface area (Å²) >= 11 is 0. The Morgan fingerprint density at radius 1 is 1.06 bits per heavy atom. The lowest BCUT2D eigenvalue weighted by molar-refractivity contribution is -0.133. The van der Waals surface area contributed by atoms with Gasteiger partial charge in [0.1, 0.15) is 17.0 Å². The molecule has 1 saturated carbocycles. The first kappa shape index (κ1) is 19.7. The minimum atomic E-state index is -1.01. The summed E-state index contributed by atoms with van der Waals surface area (Å²) in [7, 11) is 0. The molecule has 3 aromatic rings. The van der Waals surface area contributed by atoms with E-state index in [2.05, 4.69) is 5.32 Å². The second-order valence-electron chi connectivity index (χ2n) is 8.77. The second-order valence-corrected chi connectivity index (χ2v) is 8.77. The van der Waals surface area contributed by atoms with E-state index < -0.39 is 5.54 Å². The first-order valence-electron chi connectivity index (χ1n) is 11.0. The molecule has 160 valence electrons. The fraction of sp³-hybridized carbons (Fsp3) is 0.360. The maximum absolute atomic E-state index is 13.7. The summed E-state index contributed by atoms with van der Waals surface area (Å²) < 4.78 is 7.52. The highest BCUT2D eigenvalue weighted by atomic mass is 16.3. The zero-order valence-electron chi connectivity index (χ0n) is 17.7. The molecule has 2 aliphatic rings. The van der Waals surface area contributed by atoms with Crippen LogP contribution in [0.2, 0.25) is 0 Å². The zero-order valence-corrected chi connectivity index (χ0v) is 17.7. The van der Waals surface area contributed by atoms with Gasteiger partial charge >= 0.3 is 0 Å². The molecule has 1 aromatic carbocycles. The highest BCUT2D eigenvalue weighted by molar-refractivity contribution is 6.00. The van der Waals surface area contributed by atoms with Gasteiger partial charge in [0, 0.05) is 12.6 Å². The van der Waals surface area contributed by atoms with Gasteiger partial charge in [-0.2, -0.15) is 0 Å². The van der Waals surface area contributed by atoms with E-state index in [-0.39, 0.29) is 17.9 Å². The molecule has 2 aromatic heterocycles. The number of aromatic nitrogens is 1. The van der Waals surface area contributed by atoms with Crippen molar-refractivity contribution in [2.24, 2.45) is 0 Å². The average Bonchev–Trinajstić information content (AvgIpc) is 3.53. The Bertz CT molecular complexity index is 1080. The van der Waals surface area contributed by atoms with Crippen molar-refractivity contribution in [1.82, 2.24) is 14.8 Å². The highest BCUT2D eigenvalue weighted by Crippen LogP contribution is 2.34. The summed E-state index contributed by atoms with van der Waals surface area (Å²) in [5.74, 6) is 0.458. The van der Waals surface area contributed by atoms with Crippen LogP contribution in [0.1, 0.15) is 48.7 Å². The Morgan fingerprint density at radius 2 is 1.81 bits per heavy atom. The van der Waals surface area contributed by atoms with Gasteiger partial charge in [-0.3, -0.25) is 9.59 Å². The molecule has 3 heterocycles. The van der Waals surface area contributed by atoms with E-state index in [4.69, 9.17) is 4.42 Å². The number of amides is 2. The van der Waals surface area contributed by atoms with Gasteiger partial charge in [-0.15, -0.1) is 0 Å². The van der Waals surface area contributed by atoms with Gasteiger partial charge in [0.05, 0.1) is 18.5 Å². The highest BCUT2D eigenvalue weighted by Gasteiger charge is 2.48.